The van der Waals surface area contributed by atoms with Crippen LogP contribution in [0.2, 0.25) is 0 Å². The lowest BCUT2D eigenvalue weighted by Crippen LogP contribution is -2.56. The van der Waals surface area contributed by atoms with Gasteiger partial charge in [0.15, 0.2) is 0 Å². The molecule has 4 rings (SSSR count). The van der Waals surface area contributed by atoms with Crippen molar-refractivity contribution in [2.24, 2.45) is 0 Å². The van der Waals surface area contributed by atoms with Gasteiger partial charge in [0, 0.05) is 18.5 Å². The quantitative estimate of drug-likeness (QED) is 0.199. The van der Waals surface area contributed by atoms with Gasteiger partial charge >= 0.3 is 0 Å². The summed E-state index contributed by atoms with van der Waals surface area (Å²) in [4.78, 5) is 30.4. The van der Waals surface area contributed by atoms with Crippen LogP contribution in [0.4, 0.5) is 5.69 Å². The van der Waals surface area contributed by atoms with Crippen LogP contribution in [-0.4, -0.2) is 43.3 Å². The molecule has 0 fully saturated rings. The molecule has 0 aliphatic heterocycles. The van der Waals surface area contributed by atoms with Crippen LogP contribution in [0, 0.1) is 27.7 Å². The largest absolute Gasteiger partial charge is 0.350 e. The Morgan fingerprint density at radius 1 is 0.761 bits per heavy atom. The number of amides is 2. The lowest BCUT2D eigenvalue weighted by molar-refractivity contribution is -0.140. The monoisotopic (exact) mass is 639 g/mol. The van der Waals surface area contributed by atoms with Crippen LogP contribution in [0.15, 0.2) is 102 Å². The number of sulfonamides is 1. The van der Waals surface area contributed by atoms with E-state index in [0.717, 1.165) is 33.4 Å². The van der Waals surface area contributed by atoms with E-state index in [1.165, 1.54) is 4.31 Å². The first-order valence-corrected chi connectivity index (χ1v) is 17.0. The molecule has 4 aromatic carbocycles. The standard InChI is InChI=1S/C38H45N3O4S/c1-27-20-22-33(23-21-27)46(44,45)41(34-19-13-15-28(2)30(34)4)26-36(42)40(25-32-18-12-11-14-29(32)3)35(37(43)39-38(5,6)7)24-31-16-9-8-10-17-31/h8-23,35H,24-26H2,1-7H3,(H,39,43)/t35-/m0/s1. The van der Waals surface area contributed by atoms with Gasteiger partial charge in [-0.15, -0.1) is 0 Å². The van der Waals surface area contributed by atoms with Crippen LogP contribution < -0.4 is 9.62 Å². The number of aryl methyl sites for hydroxylation is 3. The number of hydrogen-bond acceptors (Lipinski definition) is 4. The van der Waals surface area contributed by atoms with E-state index in [1.807, 2.05) is 109 Å². The Kier molecular flexibility index (Phi) is 10.7. The van der Waals surface area contributed by atoms with Gasteiger partial charge in [-0.3, -0.25) is 13.9 Å². The molecule has 0 aliphatic carbocycles. The Bertz CT molecular complexity index is 1780. The maximum absolute atomic E-state index is 14.7. The second-order valence-electron chi connectivity index (χ2n) is 12.9. The van der Waals surface area contributed by atoms with Crippen LogP contribution in [0.1, 0.15) is 54.2 Å². The smallest absolute Gasteiger partial charge is 0.264 e. The number of benzene rings is 4. The fourth-order valence-corrected chi connectivity index (χ4v) is 6.81. The highest BCUT2D eigenvalue weighted by Gasteiger charge is 2.36. The molecule has 0 spiro atoms. The Morgan fingerprint density at radius 3 is 2.00 bits per heavy atom. The fraction of sp³-hybridized carbons (Fsp3) is 0.316. The van der Waals surface area contributed by atoms with Gasteiger partial charge in [0.05, 0.1) is 10.6 Å². The highest BCUT2D eigenvalue weighted by atomic mass is 32.2. The molecule has 1 N–H and O–H groups in total. The summed E-state index contributed by atoms with van der Waals surface area (Å²) in [5.41, 5.74) is 5.17. The van der Waals surface area contributed by atoms with Crippen molar-refractivity contribution in [1.29, 1.82) is 0 Å². The maximum atomic E-state index is 14.7. The van der Waals surface area contributed by atoms with E-state index in [4.69, 9.17) is 0 Å². The molecule has 0 radical (unpaired) electrons. The molecular formula is C38H45N3O4S. The third-order valence-corrected chi connectivity index (χ3v) is 9.88. The molecule has 0 unspecified atom stereocenters. The van der Waals surface area contributed by atoms with Crippen LogP contribution >= 0.6 is 0 Å². The van der Waals surface area contributed by atoms with Gasteiger partial charge in [0.25, 0.3) is 10.0 Å². The van der Waals surface area contributed by atoms with Crippen molar-refractivity contribution >= 4 is 27.5 Å². The van der Waals surface area contributed by atoms with E-state index < -0.39 is 34.1 Å². The Hall–Kier alpha value is -4.43. The zero-order valence-corrected chi connectivity index (χ0v) is 28.7. The van der Waals surface area contributed by atoms with Crippen molar-refractivity contribution in [2.75, 3.05) is 10.8 Å². The molecule has 8 heteroatoms. The molecular weight excluding hydrogens is 595 g/mol. The minimum absolute atomic E-state index is 0.0866. The Labute approximate surface area is 274 Å². The summed E-state index contributed by atoms with van der Waals surface area (Å²) < 4.78 is 29.9. The molecule has 1 atom stereocenters. The zero-order valence-electron chi connectivity index (χ0n) is 27.9. The van der Waals surface area contributed by atoms with Gasteiger partial charge in [0.2, 0.25) is 11.8 Å². The van der Waals surface area contributed by atoms with Crippen LogP contribution in [0.25, 0.3) is 0 Å². The summed E-state index contributed by atoms with van der Waals surface area (Å²) in [5, 5.41) is 3.07. The summed E-state index contributed by atoms with van der Waals surface area (Å²) in [5.74, 6) is -0.789. The zero-order chi connectivity index (χ0) is 33.6. The molecule has 0 bridgehead atoms. The van der Waals surface area contributed by atoms with Crippen molar-refractivity contribution in [1.82, 2.24) is 10.2 Å². The average molecular weight is 640 g/mol. The number of rotatable bonds is 11. The fourth-order valence-electron chi connectivity index (χ4n) is 5.33. The molecule has 4 aromatic rings. The summed E-state index contributed by atoms with van der Waals surface area (Å²) in [6.45, 7) is 13.0. The number of nitrogens with zero attached hydrogens (tertiary/aromatic N) is 2. The molecule has 0 aliphatic rings. The molecule has 242 valence electrons. The van der Waals surface area contributed by atoms with E-state index in [-0.39, 0.29) is 23.8 Å². The van der Waals surface area contributed by atoms with Crippen LogP contribution in [0.3, 0.4) is 0 Å². The summed E-state index contributed by atoms with van der Waals surface area (Å²) in [6.07, 6.45) is 0.258. The van der Waals surface area contributed by atoms with Gasteiger partial charge in [0.1, 0.15) is 12.6 Å². The van der Waals surface area contributed by atoms with E-state index in [1.54, 1.807) is 41.3 Å². The summed E-state index contributed by atoms with van der Waals surface area (Å²) >= 11 is 0. The highest BCUT2D eigenvalue weighted by Crippen LogP contribution is 2.30. The SMILES string of the molecule is Cc1ccc(S(=O)(=O)N(CC(=O)N(Cc2ccccc2C)[C@@H](Cc2ccccc2)C(=O)NC(C)(C)C)c2cccc(C)c2C)cc1. The minimum atomic E-state index is -4.17. The molecule has 46 heavy (non-hydrogen) atoms. The first-order chi connectivity index (χ1) is 21.7. The lowest BCUT2D eigenvalue weighted by Gasteiger charge is -2.36. The van der Waals surface area contributed by atoms with E-state index in [2.05, 4.69) is 5.32 Å². The molecule has 0 saturated carbocycles. The second kappa shape index (κ2) is 14.3. The van der Waals surface area contributed by atoms with Crippen molar-refractivity contribution in [3.05, 3.63) is 130 Å². The van der Waals surface area contributed by atoms with Crippen molar-refractivity contribution in [3.63, 3.8) is 0 Å². The van der Waals surface area contributed by atoms with E-state index in [0.29, 0.717) is 5.69 Å². The summed E-state index contributed by atoms with van der Waals surface area (Å²) in [7, 11) is -4.17. The Morgan fingerprint density at radius 2 is 1.37 bits per heavy atom. The van der Waals surface area contributed by atoms with Gasteiger partial charge in [-0.05, 0) is 94.5 Å². The predicted octanol–water partition coefficient (Wildman–Crippen LogP) is 6.67. The molecule has 7 nitrogen and oxygen atoms in total. The molecule has 0 heterocycles. The maximum Gasteiger partial charge on any atom is 0.264 e. The normalized spacial score (nSPS) is 12.3. The average Bonchev–Trinajstić information content (AvgIpc) is 3.00. The first kappa shape index (κ1) is 34.4. The van der Waals surface area contributed by atoms with Crippen molar-refractivity contribution < 1.29 is 18.0 Å². The number of nitrogens with one attached hydrogen (secondary N) is 1. The number of hydrogen-bond donors (Lipinski definition) is 1. The predicted molar refractivity (Wildman–Crippen MR) is 185 cm³/mol. The third kappa shape index (κ3) is 8.43. The van der Waals surface area contributed by atoms with Gasteiger partial charge in [-0.2, -0.15) is 0 Å². The number of carbonyl (C=O) groups excluding carboxylic acids is 2. The van der Waals surface area contributed by atoms with Crippen LogP contribution in [-0.2, 0) is 32.6 Å². The van der Waals surface area contributed by atoms with Gasteiger partial charge in [-0.25, -0.2) is 8.42 Å². The topological polar surface area (TPSA) is 86.8 Å². The molecule has 0 aromatic heterocycles. The Balaban J connectivity index is 1.86. The number of carbonyl (C=O) groups is 2. The van der Waals surface area contributed by atoms with Crippen LogP contribution in [0.5, 0.6) is 0 Å². The molecule has 0 saturated heterocycles. The third-order valence-electron chi connectivity index (χ3n) is 8.10. The van der Waals surface area contributed by atoms with Gasteiger partial charge < -0.3 is 10.2 Å². The van der Waals surface area contributed by atoms with Crippen molar-refractivity contribution in [2.45, 2.75) is 77.9 Å². The van der Waals surface area contributed by atoms with E-state index in [9.17, 15) is 18.0 Å². The highest BCUT2D eigenvalue weighted by molar-refractivity contribution is 7.92. The lowest BCUT2D eigenvalue weighted by atomic mass is 10.00. The molecule has 2 amide bonds. The second-order valence-corrected chi connectivity index (χ2v) is 14.8. The summed E-state index contributed by atoms with van der Waals surface area (Å²) in [6, 6.07) is 28.4. The minimum Gasteiger partial charge on any atom is -0.350 e. The van der Waals surface area contributed by atoms with Crippen molar-refractivity contribution in [3.8, 4) is 0 Å². The van der Waals surface area contributed by atoms with E-state index >= 15 is 0 Å². The number of anilines is 1. The van der Waals surface area contributed by atoms with Gasteiger partial charge in [-0.1, -0.05) is 84.4 Å². The first-order valence-electron chi connectivity index (χ1n) is 15.5.